The highest BCUT2D eigenvalue weighted by molar-refractivity contribution is 5.72. The van der Waals surface area contributed by atoms with Crippen LogP contribution in [0.25, 0.3) is 11.1 Å². The van der Waals surface area contributed by atoms with Gasteiger partial charge in [0.25, 0.3) is 0 Å². The van der Waals surface area contributed by atoms with Gasteiger partial charge >= 0.3 is 0 Å². The summed E-state index contributed by atoms with van der Waals surface area (Å²) in [5.41, 5.74) is 1.80. The lowest BCUT2D eigenvalue weighted by Gasteiger charge is -2.33. The second-order valence-corrected chi connectivity index (χ2v) is 6.72. The molecule has 0 N–H and O–H groups in total. The van der Waals surface area contributed by atoms with E-state index in [0.29, 0.717) is 6.61 Å². The van der Waals surface area contributed by atoms with Gasteiger partial charge in [-0.1, -0.05) is 12.1 Å². The predicted molar refractivity (Wildman–Crippen MR) is 104 cm³/mol. The maximum atomic E-state index is 5.83. The number of ether oxygens (including phenoxy) is 2. The zero-order chi connectivity index (χ0) is 18.5. The molecular weight excluding hydrogens is 342 g/mol. The second-order valence-electron chi connectivity index (χ2n) is 6.72. The topological polar surface area (TPSA) is 51.0 Å². The van der Waals surface area contributed by atoms with Crippen LogP contribution in [0.1, 0.15) is 5.89 Å². The number of nitrogens with zero attached hydrogens (tertiary/aromatic N) is 3. The average molecular weight is 367 g/mol. The molecule has 1 aliphatic heterocycles. The predicted octanol–water partition coefficient (Wildman–Crippen LogP) is 3.03. The molecule has 27 heavy (non-hydrogen) atoms. The highest BCUT2D eigenvalue weighted by atomic mass is 16.5. The van der Waals surface area contributed by atoms with Gasteiger partial charge in [-0.15, -0.1) is 0 Å². The Labute approximate surface area is 159 Å². The molecule has 1 aromatic heterocycles. The summed E-state index contributed by atoms with van der Waals surface area (Å²) in [5, 5.41) is 0. The monoisotopic (exact) mass is 367 g/mol. The first-order chi connectivity index (χ1) is 13.3. The number of rotatable bonds is 7. The Morgan fingerprint density at radius 3 is 2.37 bits per heavy atom. The maximum absolute atomic E-state index is 5.83. The van der Waals surface area contributed by atoms with Crippen LogP contribution in [0.5, 0.6) is 11.5 Å². The minimum absolute atomic E-state index is 0.692. The van der Waals surface area contributed by atoms with Crippen LogP contribution in [-0.2, 0) is 6.54 Å². The molecule has 2 aromatic carbocycles. The van der Waals surface area contributed by atoms with Crippen LogP contribution in [0, 0.1) is 0 Å². The summed E-state index contributed by atoms with van der Waals surface area (Å²) in [6.07, 6.45) is 0. The van der Waals surface area contributed by atoms with E-state index in [1.165, 1.54) is 0 Å². The summed E-state index contributed by atoms with van der Waals surface area (Å²) in [6.45, 7) is 6.49. The molecule has 142 valence electrons. The normalized spacial score (nSPS) is 15.9. The fourth-order valence-corrected chi connectivity index (χ4v) is 3.31. The van der Waals surface area contributed by atoms with E-state index in [-0.39, 0.29) is 0 Å². The lowest BCUT2D eigenvalue weighted by molar-refractivity contribution is 0.107. The molecule has 3 aromatic rings. The first kappa shape index (κ1) is 17.8. The summed E-state index contributed by atoms with van der Waals surface area (Å²) in [4.78, 5) is 9.40. The molecular formula is C21H25N3O3. The van der Waals surface area contributed by atoms with Gasteiger partial charge in [-0.2, -0.15) is 0 Å². The largest absolute Gasteiger partial charge is 0.497 e. The van der Waals surface area contributed by atoms with Gasteiger partial charge in [0.2, 0.25) is 5.89 Å². The van der Waals surface area contributed by atoms with Crippen molar-refractivity contribution < 1.29 is 13.9 Å². The zero-order valence-corrected chi connectivity index (χ0v) is 15.6. The lowest BCUT2D eigenvalue weighted by Crippen LogP contribution is -2.47. The van der Waals surface area contributed by atoms with Crippen molar-refractivity contribution in [2.75, 3.05) is 46.4 Å². The molecule has 0 atom stereocenters. The first-order valence-corrected chi connectivity index (χ1v) is 9.36. The number of oxazole rings is 1. The maximum Gasteiger partial charge on any atom is 0.209 e. The van der Waals surface area contributed by atoms with Gasteiger partial charge in [-0.25, -0.2) is 4.98 Å². The molecule has 0 radical (unpaired) electrons. The van der Waals surface area contributed by atoms with Crippen LogP contribution in [0.4, 0.5) is 0 Å². The number of piperazine rings is 1. The molecule has 4 rings (SSSR count). The molecule has 2 heterocycles. The quantitative estimate of drug-likeness (QED) is 0.640. The third kappa shape index (κ3) is 4.59. The Bertz CT molecular complexity index is 821. The molecule has 1 aliphatic rings. The second kappa shape index (κ2) is 8.41. The Morgan fingerprint density at radius 2 is 1.63 bits per heavy atom. The average Bonchev–Trinajstić information content (AvgIpc) is 3.12. The standard InChI is InChI=1S/C21H25N3O3/c1-25-17-6-8-18(9-7-17)26-15-14-23-10-12-24(13-11-23)16-21-22-19-4-2-3-5-20(19)27-21/h2-9H,10-16H2,1H3. The van der Waals surface area contributed by atoms with Crippen molar-refractivity contribution >= 4 is 11.1 Å². The van der Waals surface area contributed by atoms with E-state index < -0.39 is 0 Å². The van der Waals surface area contributed by atoms with Crippen molar-refractivity contribution in [2.45, 2.75) is 6.54 Å². The number of hydrogen-bond donors (Lipinski definition) is 0. The summed E-state index contributed by atoms with van der Waals surface area (Å²) < 4.78 is 16.8. The van der Waals surface area contributed by atoms with Crippen LogP contribution < -0.4 is 9.47 Å². The van der Waals surface area contributed by atoms with Crippen LogP contribution in [0.15, 0.2) is 52.9 Å². The van der Waals surface area contributed by atoms with Gasteiger partial charge in [-0.05, 0) is 36.4 Å². The Kier molecular flexibility index (Phi) is 5.55. The fourth-order valence-electron chi connectivity index (χ4n) is 3.31. The molecule has 0 amide bonds. The number of fused-ring (bicyclic) bond motifs is 1. The van der Waals surface area contributed by atoms with Gasteiger partial charge in [0, 0.05) is 32.7 Å². The Hall–Kier alpha value is -2.57. The summed E-state index contributed by atoms with van der Waals surface area (Å²) in [5.74, 6) is 2.52. The zero-order valence-electron chi connectivity index (χ0n) is 15.6. The van der Waals surface area contributed by atoms with E-state index in [4.69, 9.17) is 13.9 Å². The van der Waals surface area contributed by atoms with Gasteiger partial charge in [0.15, 0.2) is 5.58 Å². The Balaban J connectivity index is 1.19. The number of aromatic nitrogens is 1. The van der Waals surface area contributed by atoms with E-state index in [0.717, 1.165) is 67.8 Å². The summed E-state index contributed by atoms with van der Waals surface area (Å²) >= 11 is 0. The van der Waals surface area contributed by atoms with Crippen LogP contribution in [0.3, 0.4) is 0 Å². The number of para-hydroxylation sites is 2. The molecule has 0 aliphatic carbocycles. The molecule has 0 saturated carbocycles. The van der Waals surface area contributed by atoms with Gasteiger partial charge in [0.05, 0.1) is 13.7 Å². The number of hydrogen-bond acceptors (Lipinski definition) is 6. The van der Waals surface area contributed by atoms with Gasteiger partial charge in [-0.3, -0.25) is 9.80 Å². The van der Waals surface area contributed by atoms with Crippen LogP contribution in [0.2, 0.25) is 0 Å². The molecule has 6 heteroatoms. The third-order valence-electron chi connectivity index (χ3n) is 4.90. The van der Waals surface area contributed by atoms with Crippen molar-refractivity contribution in [1.29, 1.82) is 0 Å². The molecule has 0 unspecified atom stereocenters. The van der Waals surface area contributed by atoms with Crippen LogP contribution in [-0.4, -0.2) is 61.2 Å². The molecule has 6 nitrogen and oxygen atoms in total. The van der Waals surface area contributed by atoms with E-state index in [2.05, 4.69) is 14.8 Å². The van der Waals surface area contributed by atoms with E-state index in [1.807, 2.05) is 48.5 Å². The van der Waals surface area contributed by atoms with Gasteiger partial charge < -0.3 is 13.9 Å². The van der Waals surface area contributed by atoms with Crippen LogP contribution >= 0.6 is 0 Å². The summed E-state index contributed by atoms with van der Waals surface area (Å²) in [6, 6.07) is 15.6. The molecule has 0 spiro atoms. The third-order valence-corrected chi connectivity index (χ3v) is 4.90. The van der Waals surface area contributed by atoms with Crippen molar-refractivity contribution in [1.82, 2.24) is 14.8 Å². The smallest absolute Gasteiger partial charge is 0.209 e. The first-order valence-electron chi connectivity index (χ1n) is 9.36. The highest BCUT2D eigenvalue weighted by Gasteiger charge is 2.18. The van der Waals surface area contributed by atoms with E-state index in [1.54, 1.807) is 7.11 Å². The molecule has 1 saturated heterocycles. The minimum atomic E-state index is 0.692. The molecule has 1 fully saturated rings. The Morgan fingerprint density at radius 1 is 0.926 bits per heavy atom. The fraction of sp³-hybridized carbons (Fsp3) is 0.381. The lowest BCUT2D eigenvalue weighted by atomic mass is 10.3. The van der Waals surface area contributed by atoms with Crippen molar-refractivity contribution in [2.24, 2.45) is 0 Å². The van der Waals surface area contributed by atoms with Gasteiger partial charge in [0.1, 0.15) is 23.6 Å². The van der Waals surface area contributed by atoms with Crippen molar-refractivity contribution in [3.63, 3.8) is 0 Å². The van der Waals surface area contributed by atoms with E-state index in [9.17, 15) is 0 Å². The van der Waals surface area contributed by atoms with E-state index >= 15 is 0 Å². The number of benzene rings is 2. The molecule has 0 bridgehead atoms. The van der Waals surface area contributed by atoms with Crippen molar-refractivity contribution in [3.8, 4) is 11.5 Å². The summed E-state index contributed by atoms with van der Waals surface area (Å²) in [7, 11) is 1.67. The van der Waals surface area contributed by atoms with Crippen molar-refractivity contribution in [3.05, 3.63) is 54.4 Å². The SMILES string of the molecule is COc1ccc(OCCN2CCN(Cc3nc4ccccc4o3)CC2)cc1. The number of methoxy groups -OCH3 is 1. The highest BCUT2D eigenvalue weighted by Crippen LogP contribution is 2.18. The minimum Gasteiger partial charge on any atom is -0.497 e.